The molecule has 2 aromatic rings. The lowest BCUT2D eigenvalue weighted by atomic mass is 9.95. The van der Waals surface area contributed by atoms with Crippen molar-refractivity contribution in [1.29, 1.82) is 0 Å². The molecule has 1 aromatic heterocycles. The number of ether oxygens (including phenoxy) is 2. The van der Waals surface area contributed by atoms with Crippen LogP contribution in [0.2, 0.25) is 10.0 Å². The lowest BCUT2D eigenvalue weighted by molar-refractivity contribution is -0.139. The fraction of sp³-hybridized carbons (Fsp3) is 0.318. The largest absolute Gasteiger partial charge is 0.507 e. The Morgan fingerprint density at radius 3 is 2.52 bits per heavy atom. The predicted molar refractivity (Wildman–Crippen MR) is 118 cm³/mol. The molecule has 3 rings (SSSR count). The first-order valence-corrected chi connectivity index (χ1v) is 10.4. The van der Waals surface area contributed by atoms with Crippen LogP contribution in [0.1, 0.15) is 36.9 Å². The zero-order valence-electron chi connectivity index (χ0n) is 17.3. The number of benzene rings is 1. The number of unbranched alkanes of at least 4 members (excludes halogenated alkanes) is 1. The molecule has 9 heteroatoms. The van der Waals surface area contributed by atoms with Gasteiger partial charge in [0, 0.05) is 18.9 Å². The second-order valence-corrected chi connectivity index (χ2v) is 7.70. The Balaban J connectivity index is 2.27. The number of carbonyl (C=O) groups is 2. The maximum atomic E-state index is 13.0. The molecule has 0 radical (unpaired) electrons. The fourth-order valence-electron chi connectivity index (χ4n) is 3.62. The average Bonchev–Trinajstić information content (AvgIpc) is 3.02. The van der Waals surface area contributed by atoms with Crippen LogP contribution < -0.4 is 9.47 Å². The van der Waals surface area contributed by atoms with Crippen molar-refractivity contribution < 1.29 is 24.2 Å². The zero-order chi connectivity index (χ0) is 22.7. The van der Waals surface area contributed by atoms with Crippen molar-refractivity contribution in [2.75, 3.05) is 20.8 Å². The number of hydrogen-bond acceptors (Lipinski definition) is 6. The number of amides is 1. The second-order valence-electron chi connectivity index (χ2n) is 6.92. The molecular formula is C22H22Cl2N2O5. The summed E-state index contributed by atoms with van der Waals surface area (Å²) in [5.41, 5.74) is 0.606. The van der Waals surface area contributed by atoms with Gasteiger partial charge in [0.1, 0.15) is 10.8 Å². The van der Waals surface area contributed by atoms with Gasteiger partial charge in [0.2, 0.25) is 0 Å². The van der Waals surface area contributed by atoms with Gasteiger partial charge in [-0.3, -0.25) is 14.6 Å². The lowest BCUT2D eigenvalue weighted by Crippen LogP contribution is -2.30. The molecule has 1 atom stereocenters. The van der Waals surface area contributed by atoms with Gasteiger partial charge in [-0.2, -0.15) is 0 Å². The van der Waals surface area contributed by atoms with Gasteiger partial charge in [0.15, 0.2) is 11.5 Å². The maximum absolute atomic E-state index is 13.0. The van der Waals surface area contributed by atoms with Gasteiger partial charge in [0.25, 0.3) is 11.7 Å². The van der Waals surface area contributed by atoms with Gasteiger partial charge >= 0.3 is 0 Å². The monoisotopic (exact) mass is 464 g/mol. The van der Waals surface area contributed by atoms with E-state index in [1.807, 2.05) is 6.92 Å². The molecule has 1 aliphatic heterocycles. The summed E-state index contributed by atoms with van der Waals surface area (Å²) in [6.45, 7) is 2.35. The van der Waals surface area contributed by atoms with Crippen LogP contribution in [-0.2, 0) is 9.59 Å². The van der Waals surface area contributed by atoms with E-state index in [2.05, 4.69) is 4.98 Å². The first kappa shape index (κ1) is 22.9. The van der Waals surface area contributed by atoms with E-state index in [0.29, 0.717) is 18.5 Å². The first-order chi connectivity index (χ1) is 14.9. The fourth-order valence-corrected chi connectivity index (χ4v) is 4.30. The van der Waals surface area contributed by atoms with Crippen molar-refractivity contribution in [2.24, 2.45) is 0 Å². The van der Waals surface area contributed by atoms with Crippen LogP contribution in [0.3, 0.4) is 0 Å². The number of Topliss-reactive ketones (excluding diaryl/α,β-unsaturated/α-hetero) is 1. The molecule has 0 saturated carbocycles. The third kappa shape index (κ3) is 4.07. The molecule has 164 valence electrons. The highest BCUT2D eigenvalue weighted by atomic mass is 35.5. The van der Waals surface area contributed by atoms with E-state index in [9.17, 15) is 14.7 Å². The minimum atomic E-state index is -0.801. The molecule has 1 aliphatic rings. The number of pyridine rings is 1. The molecular weight excluding hydrogens is 443 g/mol. The van der Waals surface area contributed by atoms with Crippen molar-refractivity contribution in [2.45, 2.75) is 25.8 Å². The van der Waals surface area contributed by atoms with E-state index < -0.39 is 23.5 Å². The predicted octanol–water partition coefficient (Wildman–Crippen LogP) is 4.63. The van der Waals surface area contributed by atoms with Gasteiger partial charge in [-0.05, 0) is 24.1 Å². The number of halogens is 2. The summed E-state index contributed by atoms with van der Waals surface area (Å²) in [6, 6.07) is 4.04. The minimum Gasteiger partial charge on any atom is -0.507 e. The summed E-state index contributed by atoms with van der Waals surface area (Å²) in [6.07, 6.45) is 4.69. The highest BCUT2D eigenvalue weighted by Crippen LogP contribution is 2.47. The smallest absolute Gasteiger partial charge is 0.295 e. The van der Waals surface area contributed by atoms with Gasteiger partial charge in [-0.1, -0.05) is 42.6 Å². The molecule has 1 unspecified atom stereocenters. The van der Waals surface area contributed by atoms with E-state index >= 15 is 0 Å². The van der Waals surface area contributed by atoms with E-state index in [1.54, 1.807) is 24.5 Å². The molecule has 0 bridgehead atoms. The average molecular weight is 465 g/mol. The van der Waals surface area contributed by atoms with E-state index in [4.69, 9.17) is 32.7 Å². The van der Waals surface area contributed by atoms with Crippen LogP contribution in [0.25, 0.3) is 5.76 Å². The van der Waals surface area contributed by atoms with E-state index in [0.717, 1.165) is 6.42 Å². The van der Waals surface area contributed by atoms with E-state index in [1.165, 1.54) is 25.2 Å². The van der Waals surface area contributed by atoms with Crippen LogP contribution >= 0.6 is 23.2 Å². The number of likely N-dealkylation sites (tertiary alicyclic amines) is 1. The lowest BCUT2D eigenvalue weighted by Gasteiger charge is -2.25. The topological polar surface area (TPSA) is 89.0 Å². The Labute approximate surface area is 190 Å². The zero-order valence-corrected chi connectivity index (χ0v) is 18.8. The van der Waals surface area contributed by atoms with Gasteiger partial charge in [0.05, 0.1) is 36.4 Å². The van der Waals surface area contributed by atoms with Gasteiger partial charge in [-0.15, -0.1) is 0 Å². The molecule has 0 spiro atoms. The van der Waals surface area contributed by atoms with Gasteiger partial charge in [-0.25, -0.2) is 0 Å². The molecule has 0 aliphatic carbocycles. The van der Waals surface area contributed by atoms with Crippen LogP contribution in [0.15, 0.2) is 36.2 Å². The standard InChI is InChI=1S/C22H22Cl2N2O5/c1-4-5-9-26-17(12-7-6-8-25-11-12)15(19(28)22(26)29)18(27)13-10-14(23)21(31-3)16(24)20(13)30-2/h6-8,10-11,17,27H,4-5,9H2,1-3H3/b18-15+. The number of nitrogens with zero attached hydrogens (tertiary/aromatic N) is 2. The Bertz CT molecular complexity index is 1040. The number of aromatic nitrogens is 1. The highest BCUT2D eigenvalue weighted by molar-refractivity contribution is 6.47. The Hall–Kier alpha value is -2.77. The molecule has 1 saturated heterocycles. The normalized spacial score (nSPS) is 17.8. The third-order valence-corrected chi connectivity index (χ3v) is 5.71. The van der Waals surface area contributed by atoms with Crippen molar-refractivity contribution in [3.05, 3.63) is 57.3 Å². The Morgan fingerprint density at radius 2 is 1.94 bits per heavy atom. The number of rotatable bonds is 7. The van der Waals surface area contributed by atoms with Crippen molar-refractivity contribution in [3.8, 4) is 11.5 Å². The summed E-state index contributed by atoms with van der Waals surface area (Å²) in [5, 5.41) is 11.4. The van der Waals surface area contributed by atoms with Crippen LogP contribution in [0.4, 0.5) is 0 Å². The van der Waals surface area contributed by atoms with Gasteiger partial charge < -0.3 is 19.5 Å². The maximum Gasteiger partial charge on any atom is 0.295 e. The third-order valence-electron chi connectivity index (χ3n) is 5.09. The summed E-state index contributed by atoms with van der Waals surface area (Å²) in [7, 11) is 2.76. The van der Waals surface area contributed by atoms with Crippen molar-refractivity contribution in [1.82, 2.24) is 9.88 Å². The molecule has 1 N–H and O–H groups in total. The highest BCUT2D eigenvalue weighted by Gasteiger charge is 2.46. The molecule has 7 nitrogen and oxygen atoms in total. The van der Waals surface area contributed by atoms with Crippen LogP contribution in [-0.4, -0.2) is 47.4 Å². The number of carbonyl (C=O) groups excluding carboxylic acids is 2. The molecule has 31 heavy (non-hydrogen) atoms. The summed E-state index contributed by atoms with van der Waals surface area (Å²) < 4.78 is 10.6. The molecule has 1 amide bonds. The Kier molecular flexibility index (Phi) is 7.08. The number of hydrogen-bond donors (Lipinski definition) is 1. The summed E-state index contributed by atoms with van der Waals surface area (Å²) in [5.74, 6) is -1.68. The summed E-state index contributed by atoms with van der Waals surface area (Å²) >= 11 is 12.6. The number of ketones is 1. The first-order valence-electron chi connectivity index (χ1n) is 9.65. The second kappa shape index (κ2) is 9.58. The van der Waals surface area contributed by atoms with E-state index in [-0.39, 0.29) is 32.7 Å². The number of aliphatic hydroxyl groups is 1. The molecule has 2 heterocycles. The summed E-state index contributed by atoms with van der Waals surface area (Å²) in [4.78, 5) is 31.4. The van der Waals surface area contributed by atoms with Crippen LogP contribution in [0, 0.1) is 0 Å². The van der Waals surface area contributed by atoms with Crippen molar-refractivity contribution >= 4 is 40.7 Å². The number of aliphatic hydroxyl groups excluding tert-OH is 1. The SMILES string of the molecule is CCCCN1C(=O)C(=O)/C(=C(/O)c2cc(Cl)c(OC)c(Cl)c2OC)C1c1cccnc1. The minimum absolute atomic E-state index is 0.0391. The number of methoxy groups -OCH3 is 2. The molecule has 1 fully saturated rings. The van der Waals surface area contributed by atoms with Crippen molar-refractivity contribution in [3.63, 3.8) is 0 Å². The van der Waals surface area contributed by atoms with Crippen LogP contribution in [0.5, 0.6) is 11.5 Å². The quantitative estimate of drug-likeness (QED) is 0.365. The molecule has 1 aromatic carbocycles. The Morgan fingerprint density at radius 1 is 1.23 bits per heavy atom.